The first-order chi connectivity index (χ1) is 10.6. The van der Waals surface area contributed by atoms with Crippen molar-refractivity contribution in [3.8, 4) is 22.8 Å². The molecule has 1 aliphatic rings. The number of benzene rings is 1. The normalized spacial score (nSPS) is 13.0. The van der Waals surface area contributed by atoms with E-state index < -0.39 is 0 Å². The lowest BCUT2D eigenvalue weighted by Crippen LogP contribution is -2.34. The zero-order valence-electron chi connectivity index (χ0n) is 12.4. The number of nitrogens with zero attached hydrogens (tertiary/aromatic N) is 1. The molecule has 1 aromatic heterocycles. The van der Waals surface area contributed by atoms with E-state index in [9.17, 15) is 4.79 Å². The van der Waals surface area contributed by atoms with Crippen LogP contribution in [0.2, 0.25) is 0 Å². The van der Waals surface area contributed by atoms with E-state index in [-0.39, 0.29) is 12.1 Å². The molecule has 0 aliphatic carbocycles. The molecule has 116 valence electrons. The molecule has 2 amide bonds. The van der Waals surface area contributed by atoms with Crippen LogP contribution >= 0.6 is 11.3 Å². The Morgan fingerprint density at radius 1 is 1.27 bits per heavy atom. The standard InChI is InChI=1S/C15H17N3O3S/c1-9(2)16-14(19)18-15-17-11(8-22-15)10-3-4-12-13(7-10)21-6-5-20-12/h3-4,7-9H,5-6H2,1-2H3,(H2,16,17,18,19). The predicted molar refractivity (Wildman–Crippen MR) is 85.8 cm³/mol. The average Bonchev–Trinajstić information content (AvgIpc) is 2.94. The predicted octanol–water partition coefficient (Wildman–Crippen LogP) is 3.11. The Hall–Kier alpha value is -2.28. The van der Waals surface area contributed by atoms with Gasteiger partial charge in [0.1, 0.15) is 13.2 Å². The Balaban J connectivity index is 1.75. The van der Waals surface area contributed by atoms with Gasteiger partial charge in [-0.2, -0.15) is 0 Å². The van der Waals surface area contributed by atoms with Crippen molar-refractivity contribution in [1.29, 1.82) is 0 Å². The minimum atomic E-state index is -0.252. The summed E-state index contributed by atoms with van der Waals surface area (Å²) in [6.45, 7) is 4.93. The molecule has 0 spiro atoms. The highest BCUT2D eigenvalue weighted by atomic mass is 32.1. The van der Waals surface area contributed by atoms with Gasteiger partial charge in [-0.25, -0.2) is 9.78 Å². The number of hydrogen-bond acceptors (Lipinski definition) is 5. The van der Waals surface area contributed by atoms with Crippen LogP contribution in [0.3, 0.4) is 0 Å². The molecule has 0 fully saturated rings. The van der Waals surface area contributed by atoms with E-state index in [1.807, 2.05) is 37.4 Å². The average molecular weight is 319 g/mol. The second-order valence-electron chi connectivity index (χ2n) is 5.15. The van der Waals surface area contributed by atoms with Crippen molar-refractivity contribution in [2.75, 3.05) is 18.5 Å². The summed E-state index contributed by atoms with van der Waals surface area (Å²) in [5, 5.41) is 7.95. The first-order valence-electron chi connectivity index (χ1n) is 7.05. The molecule has 0 unspecified atom stereocenters. The second-order valence-corrected chi connectivity index (χ2v) is 6.01. The van der Waals surface area contributed by atoms with Gasteiger partial charge in [0.05, 0.1) is 5.69 Å². The molecule has 7 heteroatoms. The van der Waals surface area contributed by atoms with Gasteiger partial charge in [0.25, 0.3) is 0 Å². The molecular formula is C15H17N3O3S. The monoisotopic (exact) mass is 319 g/mol. The molecule has 3 rings (SSSR count). The number of rotatable bonds is 3. The van der Waals surface area contributed by atoms with Crippen molar-refractivity contribution in [1.82, 2.24) is 10.3 Å². The molecule has 22 heavy (non-hydrogen) atoms. The molecule has 1 aromatic carbocycles. The summed E-state index contributed by atoms with van der Waals surface area (Å²) >= 11 is 1.38. The van der Waals surface area contributed by atoms with Crippen LogP contribution in [0.4, 0.5) is 9.93 Å². The fraction of sp³-hybridized carbons (Fsp3) is 0.333. The van der Waals surface area contributed by atoms with Crippen molar-refractivity contribution in [2.24, 2.45) is 0 Å². The Kier molecular flexibility index (Phi) is 4.15. The Labute approximate surface area is 132 Å². The third-order valence-corrected chi connectivity index (χ3v) is 3.74. The summed E-state index contributed by atoms with van der Waals surface area (Å²) in [6, 6.07) is 5.54. The quantitative estimate of drug-likeness (QED) is 0.912. The number of carbonyl (C=O) groups excluding carboxylic acids is 1. The van der Waals surface area contributed by atoms with Crippen LogP contribution in [0.15, 0.2) is 23.6 Å². The Bertz CT molecular complexity index is 684. The summed E-state index contributed by atoms with van der Waals surface area (Å²) < 4.78 is 11.1. The number of anilines is 1. The molecular weight excluding hydrogens is 302 g/mol. The maximum Gasteiger partial charge on any atom is 0.321 e. The highest BCUT2D eigenvalue weighted by Crippen LogP contribution is 2.35. The number of thiazole rings is 1. The fourth-order valence-corrected chi connectivity index (χ4v) is 2.78. The van der Waals surface area contributed by atoms with Crippen LogP contribution < -0.4 is 20.1 Å². The van der Waals surface area contributed by atoms with E-state index in [4.69, 9.17) is 9.47 Å². The third-order valence-electron chi connectivity index (χ3n) is 2.98. The van der Waals surface area contributed by atoms with Crippen LogP contribution in [0.5, 0.6) is 11.5 Å². The minimum Gasteiger partial charge on any atom is -0.486 e. The topological polar surface area (TPSA) is 72.5 Å². The lowest BCUT2D eigenvalue weighted by molar-refractivity contribution is 0.171. The van der Waals surface area contributed by atoms with E-state index in [1.165, 1.54) is 11.3 Å². The Morgan fingerprint density at radius 2 is 2.05 bits per heavy atom. The number of fused-ring (bicyclic) bond motifs is 1. The molecule has 2 N–H and O–H groups in total. The number of ether oxygens (including phenoxy) is 2. The molecule has 6 nitrogen and oxygen atoms in total. The largest absolute Gasteiger partial charge is 0.486 e. The van der Waals surface area contributed by atoms with Gasteiger partial charge in [-0.05, 0) is 32.0 Å². The van der Waals surface area contributed by atoms with E-state index >= 15 is 0 Å². The maximum atomic E-state index is 11.7. The van der Waals surface area contributed by atoms with Crippen LogP contribution in [0, 0.1) is 0 Å². The number of nitrogens with one attached hydrogen (secondary N) is 2. The number of aromatic nitrogens is 1. The van der Waals surface area contributed by atoms with Crippen molar-refractivity contribution in [3.63, 3.8) is 0 Å². The van der Waals surface area contributed by atoms with Crippen molar-refractivity contribution < 1.29 is 14.3 Å². The van der Waals surface area contributed by atoms with Crippen molar-refractivity contribution >= 4 is 22.5 Å². The van der Waals surface area contributed by atoms with E-state index in [1.54, 1.807) is 0 Å². The van der Waals surface area contributed by atoms with E-state index in [0.29, 0.717) is 18.3 Å². The van der Waals surface area contributed by atoms with E-state index in [2.05, 4.69) is 15.6 Å². The fourth-order valence-electron chi connectivity index (χ4n) is 2.06. The molecule has 0 saturated carbocycles. The highest BCUT2D eigenvalue weighted by molar-refractivity contribution is 7.14. The van der Waals surface area contributed by atoms with Gasteiger partial charge in [0.2, 0.25) is 0 Å². The Morgan fingerprint density at radius 3 is 2.82 bits per heavy atom. The highest BCUT2D eigenvalue weighted by Gasteiger charge is 2.14. The van der Waals surface area contributed by atoms with Gasteiger partial charge in [0, 0.05) is 17.0 Å². The van der Waals surface area contributed by atoms with Gasteiger partial charge in [-0.15, -0.1) is 11.3 Å². The van der Waals surface area contributed by atoms with Gasteiger partial charge in [-0.3, -0.25) is 5.32 Å². The number of amides is 2. The zero-order chi connectivity index (χ0) is 15.5. The lowest BCUT2D eigenvalue weighted by Gasteiger charge is -2.18. The first-order valence-corrected chi connectivity index (χ1v) is 7.93. The summed E-state index contributed by atoms with van der Waals surface area (Å²) in [7, 11) is 0. The first kappa shape index (κ1) is 14.6. The van der Waals surface area contributed by atoms with Gasteiger partial charge < -0.3 is 14.8 Å². The molecule has 1 aliphatic heterocycles. The maximum absolute atomic E-state index is 11.7. The van der Waals surface area contributed by atoms with Crippen LogP contribution in [0.25, 0.3) is 11.3 Å². The second kappa shape index (κ2) is 6.23. The zero-order valence-corrected chi connectivity index (χ0v) is 13.2. The molecule has 0 saturated heterocycles. The van der Waals surface area contributed by atoms with Gasteiger partial charge in [0.15, 0.2) is 16.6 Å². The third kappa shape index (κ3) is 3.30. The summed E-state index contributed by atoms with van der Waals surface area (Å²) in [5.74, 6) is 1.48. The van der Waals surface area contributed by atoms with Crippen molar-refractivity contribution in [2.45, 2.75) is 19.9 Å². The molecule has 2 heterocycles. The van der Waals surface area contributed by atoms with Crippen LogP contribution in [-0.2, 0) is 0 Å². The lowest BCUT2D eigenvalue weighted by atomic mass is 10.1. The molecule has 0 bridgehead atoms. The van der Waals surface area contributed by atoms with Gasteiger partial charge >= 0.3 is 6.03 Å². The van der Waals surface area contributed by atoms with Gasteiger partial charge in [-0.1, -0.05) is 0 Å². The smallest absolute Gasteiger partial charge is 0.321 e. The number of hydrogen-bond donors (Lipinski definition) is 2. The molecule has 0 atom stereocenters. The van der Waals surface area contributed by atoms with Crippen molar-refractivity contribution in [3.05, 3.63) is 23.6 Å². The summed E-state index contributed by atoms with van der Waals surface area (Å²) in [6.07, 6.45) is 0. The SMILES string of the molecule is CC(C)NC(=O)Nc1nc(-c2ccc3c(c2)OCCO3)cs1. The minimum absolute atomic E-state index is 0.0808. The van der Waals surface area contributed by atoms with Crippen LogP contribution in [0.1, 0.15) is 13.8 Å². The molecule has 2 aromatic rings. The van der Waals surface area contributed by atoms with E-state index in [0.717, 1.165) is 22.8 Å². The number of urea groups is 1. The summed E-state index contributed by atoms with van der Waals surface area (Å²) in [5.41, 5.74) is 1.72. The summed E-state index contributed by atoms with van der Waals surface area (Å²) in [4.78, 5) is 16.1. The van der Waals surface area contributed by atoms with Crippen LogP contribution in [-0.4, -0.2) is 30.3 Å². The molecule has 0 radical (unpaired) electrons. The number of carbonyl (C=O) groups is 1.